The molecule has 1 atom stereocenters. The minimum Gasteiger partial charge on any atom is -0.373 e. The predicted molar refractivity (Wildman–Crippen MR) is 117 cm³/mol. The predicted octanol–water partition coefficient (Wildman–Crippen LogP) is 2.68. The maximum atomic E-state index is 13.2. The average molecular weight is 403 g/mol. The van der Waals surface area contributed by atoms with E-state index < -0.39 is 0 Å². The Morgan fingerprint density at radius 2 is 2.03 bits per heavy atom. The molecule has 7 heteroatoms. The zero-order valence-electron chi connectivity index (χ0n) is 17.4. The van der Waals surface area contributed by atoms with Crippen LogP contribution in [-0.2, 0) is 13.0 Å². The fraction of sp³-hybridized carbons (Fsp3) is 0.391. The number of carbonyl (C=O) groups excluding carboxylic acids is 1. The summed E-state index contributed by atoms with van der Waals surface area (Å²) in [6, 6.07) is 9.85. The van der Waals surface area contributed by atoms with E-state index in [0.29, 0.717) is 18.8 Å². The number of amides is 1. The number of anilines is 1. The van der Waals surface area contributed by atoms with Gasteiger partial charge < -0.3 is 15.1 Å². The van der Waals surface area contributed by atoms with Gasteiger partial charge >= 0.3 is 0 Å². The van der Waals surface area contributed by atoms with Gasteiger partial charge in [-0.2, -0.15) is 0 Å². The number of hydrogen-bond donors (Lipinski definition) is 1. The number of rotatable bonds is 3. The first-order chi connectivity index (χ1) is 14.6. The highest BCUT2D eigenvalue weighted by Crippen LogP contribution is 2.31. The van der Waals surface area contributed by atoms with Crippen LogP contribution in [0.2, 0.25) is 0 Å². The van der Waals surface area contributed by atoms with Crippen molar-refractivity contribution in [3.05, 3.63) is 59.3 Å². The van der Waals surface area contributed by atoms with Crippen LogP contribution in [0.1, 0.15) is 39.9 Å². The Morgan fingerprint density at radius 3 is 2.90 bits per heavy atom. The molecule has 0 bridgehead atoms. The van der Waals surface area contributed by atoms with Gasteiger partial charge in [-0.3, -0.25) is 9.78 Å². The van der Waals surface area contributed by atoms with Crippen molar-refractivity contribution < 1.29 is 4.79 Å². The molecule has 0 unspecified atom stereocenters. The molecule has 1 fully saturated rings. The van der Waals surface area contributed by atoms with Crippen LogP contribution in [0.3, 0.4) is 0 Å². The number of hydrogen-bond acceptors (Lipinski definition) is 6. The smallest absolute Gasteiger partial charge is 0.273 e. The molecule has 4 heterocycles. The Balaban J connectivity index is 1.40. The number of likely N-dealkylation sites (tertiary alicyclic amines) is 1. The maximum absolute atomic E-state index is 13.2. The van der Waals surface area contributed by atoms with Crippen molar-refractivity contribution in [2.75, 3.05) is 39.0 Å². The Morgan fingerprint density at radius 1 is 1.17 bits per heavy atom. The summed E-state index contributed by atoms with van der Waals surface area (Å²) in [7, 11) is 4.04. The van der Waals surface area contributed by atoms with Gasteiger partial charge in [0.25, 0.3) is 5.91 Å². The van der Waals surface area contributed by atoms with Gasteiger partial charge in [-0.15, -0.1) is 0 Å². The lowest BCUT2D eigenvalue weighted by Gasteiger charge is -2.26. The lowest BCUT2D eigenvalue weighted by Crippen LogP contribution is -2.30. The summed E-state index contributed by atoms with van der Waals surface area (Å²) in [6.07, 6.45) is 3.52. The van der Waals surface area contributed by atoms with Crippen molar-refractivity contribution in [3.63, 3.8) is 0 Å². The SMILES string of the molecule is CNc1nc([C@H]2CCN(C(=O)c3nccc4ccccc34)C2)nc2c1CN(C)CC2. The quantitative estimate of drug-likeness (QED) is 0.726. The molecule has 2 aromatic heterocycles. The van der Waals surface area contributed by atoms with Gasteiger partial charge in [0.1, 0.15) is 17.3 Å². The Bertz CT molecular complexity index is 1090. The molecule has 0 aliphatic carbocycles. The summed E-state index contributed by atoms with van der Waals surface area (Å²) in [5, 5.41) is 5.19. The third-order valence-corrected chi connectivity index (χ3v) is 6.22. The van der Waals surface area contributed by atoms with E-state index in [9.17, 15) is 4.79 Å². The van der Waals surface area contributed by atoms with E-state index in [2.05, 4.69) is 22.2 Å². The number of aromatic nitrogens is 3. The van der Waals surface area contributed by atoms with Crippen molar-refractivity contribution >= 4 is 22.5 Å². The molecule has 2 aliphatic rings. The zero-order valence-corrected chi connectivity index (χ0v) is 17.4. The molecule has 1 saturated heterocycles. The van der Waals surface area contributed by atoms with Crippen LogP contribution >= 0.6 is 0 Å². The molecular weight excluding hydrogens is 376 g/mol. The highest BCUT2D eigenvalue weighted by molar-refractivity contribution is 6.05. The van der Waals surface area contributed by atoms with Gasteiger partial charge in [0.2, 0.25) is 0 Å². The third kappa shape index (κ3) is 3.29. The molecule has 5 rings (SSSR count). The second-order valence-corrected chi connectivity index (χ2v) is 8.21. The Hall–Kier alpha value is -3.06. The first kappa shape index (κ1) is 18.9. The molecule has 154 valence electrons. The lowest BCUT2D eigenvalue weighted by molar-refractivity contribution is 0.0787. The topological polar surface area (TPSA) is 74.2 Å². The molecule has 3 aromatic rings. The minimum atomic E-state index is -0.0114. The summed E-state index contributed by atoms with van der Waals surface area (Å²) in [6.45, 7) is 3.21. The molecular formula is C23H26N6O. The molecule has 0 radical (unpaired) electrons. The Kier molecular flexibility index (Phi) is 4.83. The number of carbonyl (C=O) groups is 1. The van der Waals surface area contributed by atoms with Crippen LogP contribution in [0, 0.1) is 0 Å². The Labute approximate surface area is 176 Å². The molecule has 2 aliphatic heterocycles. The molecule has 1 aromatic carbocycles. The summed E-state index contributed by atoms with van der Waals surface area (Å²) in [5.41, 5.74) is 2.86. The number of pyridine rings is 1. The summed E-state index contributed by atoms with van der Waals surface area (Å²) in [4.78, 5) is 31.6. The molecule has 1 N–H and O–H groups in total. The highest BCUT2D eigenvalue weighted by atomic mass is 16.2. The number of benzene rings is 1. The number of nitrogens with zero attached hydrogens (tertiary/aromatic N) is 5. The van der Waals surface area contributed by atoms with Gasteiger partial charge in [-0.1, -0.05) is 24.3 Å². The van der Waals surface area contributed by atoms with E-state index in [1.165, 1.54) is 5.56 Å². The van der Waals surface area contributed by atoms with E-state index in [1.54, 1.807) is 6.20 Å². The third-order valence-electron chi connectivity index (χ3n) is 6.22. The monoisotopic (exact) mass is 402 g/mol. The number of nitrogens with one attached hydrogen (secondary N) is 1. The van der Waals surface area contributed by atoms with Crippen LogP contribution in [0.5, 0.6) is 0 Å². The molecule has 7 nitrogen and oxygen atoms in total. The second-order valence-electron chi connectivity index (χ2n) is 8.21. The van der Waals surface area contributed by atoms with Gasteiger partial charge in [-0.25, -0.2) is 9.97 Å². The van der Waals surface area contributed by atoms with Crippen molar-refractivity contribution in [3.8, 4) is 0 Å². The van der Waals surface area contributed by atoms with Gasteiger partial charge in [0.15, 0.2) is 0 Å². The van der Waals surface area contributed by atoms with Crippen molar-refractivity contribution in [2.45, 2.75) is 25.3 Å². The lowest BCUT2D eigenvalue weighted by atomic mass is 10.0. The average Bonchev–Trinajstić information content (AvgIpc) is 3.28. The van der Waals surface area contributed by atoms with E-state index in [1.807, 2.05) is 42.3 Å². The zero-order chi connectivity index (χ0) is 20.7. The van der Waals surface area contributed by atoms with Crippen molar-refractivity contribution in [2.24, 2.45) is 0 Å². The standard InChI is InChI=1S/C23H26N6O/c1-24-22-18-14-28(2)11-9-19(18)26-21(27-22)16-8-12-29(13-16)23(30)20-17-6-4-3-5-15(17)7-10-25-20/h3-7,10,16H,8-9,11-14H2,1-2H3,(H,24,26,27)/t16-/m0/s1. The van der Waals surface area contributed by atoms with E-state index in [0.717, 1.165) is 54.0 Å². The van der Waals surface area contributed by atoms with Crippen molar-refractivity contribution in [1.29, 1.82) is 0 Å². The molecule has 0 spiro atoms. The maximum Gasteiger partial charge on any atom is 0.273 e. The summed E-state index contributed by atoms with van der Waals surface area (Å²) < 4.78 is 0. The summed E-state index contributed by atoms with van der Waals surface area (Å²) in [5.74, 6) is 1.91. The highest BCUT2D eigenvalue weighted by Gasteiger charge is 2.32. The van der Waals surface area contributed by atoms with E-state index in [-0.39, 0.29) is 11.8 Å². The molecule has 30 heavy (non-hydrogen) atoms. The van der Waals surface area contributed by atoms with Gasteiger partial charge in [0, 0.05) is 62.7 Å². The van der Waals surface area contributed by atoms with Crippen LogP contribution in [0.4, 0.5) is 5.82 Å². The normalized spacial score (nSPS) is 19.1. The van der Waals surface area contributed by atoms with Crippen molar-refractivity contribution in [1.82, 2.24) is 24.8 Å². The van der Waals surface area contributed by atoms with E-state index in [4.69, 9.17) is 9.97 Å². The van der Waals surface area contributed by atoms with Gasteiger partial charge in [-0.05, 0) is 24.9 Å². The number of likely N-dealkylation sites (N-methyl/N-ethyl adjacent to an activating group) is 1. The molecule has 0 saturated carbocycles. The largest absolute Gasteiger partial charge is 0.373 e. The minimum absolute atomic E-state index is 0.0114. The van der Waals surface area contributed by atoms with E-state index >= 15 is 0 Å². The fourth-order valence-electron chi connectivity index (χ4n) is 4.55. The number of fused-ring (bicyclic) bond motifs is 2. The van der Waals surface area contributed by atoms with Crippen LogP contribution in [0.15, 0.2) is 36.5 Å². The first-order valence-corrected chi connectivity index (χ1v) is 10.5. The van der Waals surface area contributed by atoms with Crippen LogP contribution < -0.4 is 5.32 Å². The second kappa shape index (κ2) is 7.65. The van der Waals surface area contributed by atoms with Crippen LogP contribution in [-0.4, -0.2) is 64.4 Å². The molecule has 1 amide bonds. The first-order valence-electron chi connectivity index (χ1n) is 10.5. The van der Waals surface area contributed by atoms with Gasteiger partial charge in [0.05, 0.1) is 5.69 Å². The summed E-state index contributed by atoms with van der Waals surface area (Å²) >= 11 is 0. The van der Waals surface area contributed by atoms with Crippen LogP contribution in [0.25, 0.3) is 10.8 Å². The fourth-order valence-corrected chi connectivity index (χ4v) is 4.55.